The smallest absolute Gasteiger partial charge is 0.0656 e. The van der Waals surface area contributed by atoms with Gasteiger partial charge < -0.3 is 10.1 Å². The van der Waals surface area contributed by atoms with E-state index in [2.05, 4.69) is 53.8 Å². The fourth-order valence-corrected chi connectivity index (χ4v) is 3.21. The van der Waals surface area contributed by atoms with Crippen LogP contribution in [0, 0.1) is 17.3 Å². The zero-order valence-corrected chi connectivity index (χ0v) is 14.1. The summed E-state index contributed by atoms with van der Waals surface area (Å²) >= 11 is 0. The summed E-state index contributed by atoms with van der Waals surface area (Å²) in [5, 5.41) is 3.85. The molecule has 0 saturated heterocycles. The third-order valence-corrected chi connectivity index (χ3v) is 5.03. The van der Waals surface area contributed by atoms with Crippen LogP contribution in [0.25, 0.3) is 0 Å². The van der Waals surface area contributed by atoms with E-state index in [-0.39, 0.29) is 5.41 Å². The summed E-state index contributed by atoms with van der Waals surface area (Å²) in [6.07, 6.45) is 4.14. The summed E-state index contributed by atoms with van der Waals surface area (Å²) in [6, 6.07) is 1.23. The van der Waals surface area contributed by atoms with Crippen LogP contribution in [0.1, 0.15) is 67.7 Å². The fourth-order valence-electron chi connectivity index (χ4n) is 3.21. The van der Waals surface area contributed by atoms with Gasteiger partial charge in [-0.1, -0.05) is 54.4 Å². The molecule has 3 unspecified atom stereocenters. The molecule has 19 heavy (non-hydrogen) atoms. The Kier molecular flexibility index (Phi) is 6.32. The first-order valence-corrected chi connectivity index (χ1v) is 8.20. The van der Waals surface area contributed by atoms with Gasteiger partial charge in [0.05, 0.1) is 6.10 Å². The molecule has 2 heteroatoms. The minimum atomic E-state index is 0.273. The monoisotopic (exact) mass is 269 g/mol. The minimum Gasteiger partial charge on any atom is -0.377 e. The van der Waals surface area contributed by atoms with Gasteiger partial charge in [0, 0.05) is 24.1 Å². The highest BCUT2D eigenvalue weighted by Crippen LogP contribution is 2.43. The molecule has 1 aliphatic carbocycles. The van der Waals surface area contributed by atoms with E-state index in [4.69, 9.17) is 4.74 Å². The predicted molar refractivity (Wildman–Crippen MR) is 83.4 cm³/mol. The average molecular weight is 269 g/mol. The van der Waals surface area contributed by atoms with Gasteiger partial charge in [-0.3, -0.25) is 0 Å². The zero-order chi connectivity index (χ0) is 14.6. The molecule has 114 valence electrons. The highest BCUT2D eigenvalue weighted by atomic mass is 16.5. The lowest BCUT2D eigenvalue weighted by Crippen LogP contribution is -2.63. The Labute approximate surface area is 120 Å². The molecule has 1 fully saturated rings. The Hall–Kier alpha value is -0.0800. The first-order valence-electron chi connectivity index (χ1n) is 8.20. The normalized spacial score (nSPS) is 27.6. The van der Waals surface area contributed by atoms with Crippen LogP contribution in [0.2, 0.25) is 0 Å². The second-order valence-corrected chi connectivity index (χ2v) is 7.36. The first kappa shape index (κ1) is 17.0. The molecular formula is C17H35NO. The lowest BCUT2D eigenvalue weighted by molar-refractivity contribution is -0.126. The van der Waals surface area contributed by atoms with E-state index in [1.54, 1.807) is 0 Å². The highest BCUT2D eigenvalue weighted by molar-refractivity contribution is 5.03. The van der Waals surface area contributed by atoms with Crippen LogP contribution in [-0.4, -0.2) is 24.8 Å². The summed E-state index contributed by atoms with van der Waals surface area (Å²) in [7, 11) is 0. The van der Waals surface area contributed by atoms with Crippen molar-refractivity contribution < 1.29 is 4.74 Å². The summed E-state index contributed by atoms with van der Waals surface area (Å²) in [5.41, 5.74) is 0.273. The lowest BCUT2D eigenvalue weighted by atomic mass is 9.64. The summed E-state index contributed by atoms with van der Waals surface area (Å²) in [4.78, 5) is 0. The van der Waals surface area contributed by atoms with Gasteiger partial charge in [-0.05, 0) is 25.2 Å². The average Bonchev–Trinajstić information content (AvgIpc) is 2.33. The SMILES string of the molecule is CCC(CC)C(C)NC1CC(OCC(C)C)C1(C)C. The maximum Gasteiger partial charge on any atom is 0.0656 e. The van der Waals surface area contributed by atoms with E-state index in [1.807, 2.05) is 0 Å². The third kappa shape index (κ3) is 4.19. The van der Waals surface area contributed by atoms with Gasteiger partial charge >= 0.3 is 0 Å². The van der Waals surface area contributed by atoms with Gasteiger partial charge in [0.1, 0.15) is 0 Å². The summed E-state index contributed by atoms with van der Waals surface area (Å²) in [5.74, 6) is 1.43. The number of hydrogen-bond donors (Lipinski definition) is 1. The molecule has 1 aliphatic rings. The summed E-state index contributed by atoms with van der Waals surface area (Å²) < 4.78 is 6.04. The number of hydrogen-bond acceptors (Lipinski definition) is 2. The van der Waals surface area contributed by atoms with Crippen LogP contribution >= 0.6 is 0 Å². The first-order chi connectivity index (χ1) is 8.82. The zero-order valence-electron chi connectivity index (χ0n) is 14.1. The topological polar surface area (TPSA) is 21.3 Å². The van der Waals surface area contributed by atoms with Crippen molar-refractivity contribution in [2.75, 3.05) is 6.61 Å². The molecule has 0 heterocycles. The van der Waals surface area contributed by atoms with Crippen molar-refractivity contribution in [3.63, 3.8) is 0 Å². The van der Waals surface area contributed by atoms with E-state index >= 15 is 0 Å². The number of ether oxygens (including phenoxy) is 1. The largest absolute Gasteiger partial charge is 0.377 e. The molecule has 0 aromatic rings. The van der Waals surface area contributed by atoms with Gasteiger partial charge in [0.2, 0.25) is 0 Å². The maximum absolute atomic E-state index is 6.04. The van der Waals surface area contributed by atoms with Crippen molar-refractivity contribution in [1.29, 1.82) is 0 Å². The molecular weight excluding hydrogens is 234 g/mol. The molecule has 1 saturated carbocycles. The van der Waals surface area contributed by atoms with Crippen LogP contribution in [0.4, 0.5) is 0 Å². The van der Waals surface area contributed by atoms with Crippen LogP contribution in [0.5, 0.6) is 0 Å². The van der Waals surface area contributed by atoms with Crippen LogP contribution < -0.4 is 5.32 Å². The summed E-state index contributed by atoms with van der Waals surface area (Å²) in [6.45, 7) is 17.0. The second kappa shape index (κ2) is 7.08. The molecule has 1 rings (SSSR count). The van der Waals surface area contributed by atoms with Crippen molar-refractivity contribution in [2.45, 2.75) is 85.9 Å². The van der Waals surface area contributed by atoms with Crippen molar-refractivity contribution in [3.8, 4) is 0 Å². The van der Waals surface area contributed by atoms with Crippen molar-refractivity contribution in [2.24, 2.45) is 17.3 Å². The Morgan fingerprint density at radius 1 is 1.16 bits per heavy atom. The molecule has 2 nitrogen and oxygen atoms in total. The molecule has 0 spiro atoms. The molecule has 0 amide bonds. The second-order valence-electron chi connectivity index (χ2n) is 7.36. The van der Waals surface area contributed by atoms with E-state index < -0.39 is 0 Å². The Bertz CT molecular complexity index is 258. The maximum atomic E-state index is 6.04. The van der Waals surface area contributed by atoms with Crippen molar-refractivity contribution in [3.05, 3.63) is 0 Å². The van der Waals surface area contributed by atoms with E-state index in [9.17, 15) is 0 Å². The van der Waals surface area contributed by atoms with E-state index in [0.29, 0.717) is 24.1 Å². The molecule has 3 atom stereocenters. The third-order valence-electron chi connectivity index (χ3n) is 5.03. The van der Waals surface area contributed by atoms with Gasteiger partial charge in [0.25, 0.3) is 0 Å². The van der Waals surface area contributed by atoms with Gasteiger partial charge in [-0.2, -0.15) is 0 Å². The number of nitrogens with one attached hydrogen (secondary N) is 1. The van der Waals surface area contributed by atoms with Crippen molar-refractivity contribution >= 4 is 0 Å². The number of rotatable bonds is 8. The molecule has 0 aromatic heterocycles. The predicted octanol–water partition coefficient (Wildman–Crippen LogP) is 4.24. The quantitative estimate of drug-likeness (QED) is 0.711. The minimum absolute atomic E-state index is 0.273. The van der Waals surface area contributed by atoms with Crippen LogP contribution in [-0.2, 0) is 4.74 Å². The fraction of sp³-hybridized carbons (Fsp3) is 1.00. The van der Waals surface area contributed by atoms with Crippen molar-refractivity contribution in [1.82, 2.24) is 5.32 Å². The van der Waals surface area contributed by atoms with Gasteiger partial charge in [-0.15, -0.1) is 0 Å². The molecule has 0 bridgehead atoms. The molecule has 0 aromatic carbocycles. The molecule has 0 radical (unpaired) electrons. The Morgan fingerprint density at radius 3 is 2.16 bits per heavy atom. The molecule has 1 N–H and O–H groups in total. The Morgan fingerprint density at radius 2 is 1.74 bits per heavy atom. The van der Waals surface area contributed by atoms with Gasteiger partial charge in [-0.25, -0.2) is 0 Å². The van der Waals surface area contributed by atoms with Crippen LogP contribution in [0.15, 0.2) is 0 Å². The van der Waals surface area contributed by atoms with E-state index in [0.717, 1.165) is 12.5 Å². The lowest BCUT2D eigenvalue weighted by Gasteiger charge is -2.53. The molecule has 0 aliphatic heterocycles. The van der Waals surface area contributed by atoms with Crippen LogP contribution in [0.3, 0.4) is 0 Å². The van der Waals surface area contributed by atoms with E-state index in [1.165, 1.54) is 19.3 Å². The highest BCUT2D eigenvalue weighted by Gasteiger charge is 2.49. The standard InChI is InChI=1S/C17H35NO/c1-8-14(9-2)13(5)18-15-10-16(17(15,6)7)19-11-12(3)4/h12-16,18H,8-11H2,1-7H3. The Balaban J connectivity index is 2.42. The van der Waals surface area contributed by atoms with Gasteiger partial charge in [0.15, 0.2) is 0 Å².